The molecule has 0 saturated carbocycles. The summed E-state index contributed by atoms with van der Waals surface area (Å²) in [4.78, 5) is 9.23. The summed E-state index contributed by atoms with van der Waals surface area (Å²) in [7, 11) is 0. The number of aromatic nitrogens is 3. The molecule has 7 heteroatoms. The van der Waals surface area contributed by atoms with Crippen LogP contribution in [0.5, 0.6) is 5.75 Å². The lowest BCUT2D eigenvalue weighted by molar-refractivity contribution is 0.129. The highest BCUT2D eigenvalue weighted by Gasteiger charge is 2.17. The van der Waals surface area contributed by atoms with Gasteiger partial charge in [-0.2, -0.15) is 5.10 Å². The Morgan fingerprint density at radius 2 is 2.00 bits per heavy atom. The second-order valence-corrected chi connectivity index (χ2v) is 5.65. The van der Waals surface area contributed by atoms with Crippen molar-refractivity contribution in [2.45, 2.75) is 20.1 Å². The minimum atomic E-state index is -0.313. The quantitative estimate of drug-likeness (QED) is 0.877. The fourth-order valence-corrected chi connectivity index (χ4v) is 2.64. The van der Waals surface area contributed by atoms with Gasteiger partial charge in [0.05, 0.1) is 6.54 Å². The van der Waals surface area contributed by atoms with Crippen molar-refractivity contribution in [2.75, 3.05) is 32.7 Å². The molecule has 0 amide bonds. The Bertz CT molecular complexity index is 624. The minimum absolute atomic E-state index is 0.250. The molecule has 1 saturated heterocycles. The van der Waals surface area contributed by atoms with Gasteiger partial charge in [0.1, 0.15) is 18.2 Å². The Hall–Kier alpha value is -1.99. The number of halogens is 1. The molecule has 1 aromatic carbocycles. The summed E-state index contributed by atoms with van der Waals surface area (Å²) in [5.41, 5.74) is 0. The molecule has 1 N–H and O–H groups in total. The molecule has 2 heterocycles. The molecule has 2 aromatic rings. The molecule has 3 rings (SSSR count). The molecule has 124 valence electrons. The Morgan fingerprint density at radius 1 is 1.22 bits per heavy atom. The van der Waals surface area contributed by atoms with Gasteiger partial charge >= 0.3 is 0 Å². The highest BCUT2D eigenvalue weighted by molar-refractivity contribution is 5.22. The van der Waals surface area contributed by atoms with E-state index in [-0.39, 0.29) is 12.4 Å². The highest BCUT2D eigenvalue weighted by atomic mass is 19.1. The first-order chi connectivity index (χ1) is 11.2. The highest BCUT2D eigenvalue weighted by Crippen LogP contribution is 2.13. The summed E-state index contributed by atoms with van der Waals surface area (Å²) in [6.45, 7) is 8.56. The molecule has 0 unspecified atom stereocenters. The van der Waals surface area contributed by atoms with Gasteiger partial charge in [0.25, 0.3) is 0 Å². The molecule has 1 fully saturated rings. The number of ether oxygens (including phenoxy) is 1. The first kappa shape index (κ1) is 15.9. The molecule has 6 nitrogen and oxygen atoms in total. The largest absolute Gasteiger partial charge is 0.486 e. The van der Waals surface area contributed by atoms with Crippen LogP contribution >= 0.6 is 0 Å². The summed E-state index contributed by atoms with van der Waals surface area (Å²) in [5, 5.41) is 7.12. The molecule has 0 spiro atoms. The zero-order valence-electron chi connectivity index (χ0n) is 13.3. The molecular weight excluding hydrogens is 297 g/mol. The predicted octanol–water partition coefficient (Wildman–Crippen LogP) is 1.66. The fraction of sp³-hybridized carbons (Fsp3) is 0.500. The van der Waals surface area contributed by atoms with Gasteiger partial charge in [-0.05, 0) is 18.7 Å². The van der Waals surface area contributed by atoms with E-state index >= 15 is 0 Å². The van der Waals surface area contributed by atoms with Crippen LogP contribution in [-0.4, -0.2) is 57.7 Å². The summed E-state index contributed by atoms with van der Waals surface area (Å²) in [6.07, 6.45) is 0. The van der Waals surface area contributed by atoms with E-state index in [0.29, 0.717) is 11.6 Å². The number of aromatic amines is 1. The van der Waals surface area contributed by atoms with Crippen molar-refractivity contribution < 1.29 is 9.13 Å². The number of likely N-dealkylation sites (N-methyl/N-ethyl adjacent to an activating group) is 1. The number of nitrogens with zero attached hydrogens (tertiary/aromatic N) is 4. The van der Waals surface area contributed by atoms with Crippen LogP contribution in [0.25, 0.3) is 0 Å². The lowest BCUT2D eigenvalue weighted by Gasteiger charge is -2.33. The van der Waals surface area contributed by atoms with Gasteiger partial charge in [0.2, 0.25) is 0 Å². The molecule has 0 aliphatic carbocycles. The monoisotopic (exact) mass is 319 g/mol. The Morgan fingerprint density at radius 3 is 2.74 bits per heavy atom. The summed E-state index contributed by atoms with van der Waals surface area (Å²) in [5.74, 6) is 1.59. The van der Waals surface area contributed by atoms with Gasteiger partial charge in [0, 0.05) is 32.2 Å². The maximum atomic E-state index is 13.1. The van der Waals surface area contributed by atoms with Gasteiger partial charge < -0.3 is 9.64 Å². The van der Waals surface area contributed by atoms with Crippen molar-refractivity contribution in [3.63, 3.8) is 0 Å². The van der Waals surface area contributed by atoms with Crippen molar-refractivity contribution in [3.8, 4) is 5.75 Å². The first-order valence-electron chi connectivity index (χ1n) is 7.96. The van der Waals surface area contributed by atoms with Crippen LogP contribution in [0.3, 0.4) is 0 Å². The molecule has 23 heavy (non-hydrogen) atoms. The number of nitrogens with one attached hydrogen (secondary N) is 1. The van der Waals surface area contributed by atoms with Crippen LogP contribution in [-0.2, 0) is 13.2 Å². The second kappa shape index (κ2) is 7.52. The van der Waals surface area contributed by atoms with E-state index in [2.05, 4.69) is 31.9 Å². The average molecular weight is 319 g/mol. The molecule has 0 atom stereocenters. The van der Waals surface area contributed by atoms with E-state index in [1.165, 1.54) is 12.1 Å². The van der Waals surface area contributed by atoms with E-state index < -0.39 is 0 Å². The normalized spacial score (nSPS) is 16.6. The number of H-pyrrole nitrogens is 1. The standard InChI is InChI=1S/C16H22FN5O/c1-2-21-6-8-22(9-7-21)11-15-18-16(20-19-15)12-23-14-5-3-4-13(17)10-14/h3-5,10H,2,6-9,11-12H2,1H3,(H,18,19,20). The smallest absolute Gasteiger partial charge is 0.164 e. The lowest BCUT2D eigenvalue weighted by atomic mass is 10.3. The average Bonchev–Trinajstić information content (AvgIpc) is 3.01. The maximum absolute atomic E-state index is 13.1. The van der Waals surface area contributed by atoms with Crippen molar-refractivity contribution in [1.82, 2.24) is 25.0 Å². The summed E-state index contributed by atoms with van der Waals surface area (Å²) < 4.78 is 18.6. The maximum Gasteiger partial charge on any atom is 0.164 e. The lowest BCUT2D eigenvalue weighted by Crippen LogP contribution is -2.45. The van der Waals surface area contributed by atoms with Crippen LogP contribution in [0.15, 0.2) is 24.3 Å². The zero-order valence-corrected chi connectivity index (χ0v) is 13.3. The van der Waals surface area contributed by atoms with Gasteiger partial charge in [0.15, 0.2) is 11.6 Å². The van der Waals surface area contributed by atoms with Gasteiger partial charge in [-0.3, -0.25) is 10.00 Å². The molecule has 1 aliphatic heterocycles. The summed E-state index contributed by atoms with van der Waals surface area (Å²) in [6, 6.07) is 6.07. The van der Waals surface area contributed by atoms with E-state index in [1.807, 2.05) is 0 Å². The van der Waals surface area contributed by atoms with Gasteiger partial charge in [-0.15, -0.1) is 0 Å². The zero-order chi connectivity index (χ0) is 16.1. The van der Waals surface area contributed by atoms with Crippen molar-refractivity contribution in [2.24, 2.45) is 0 Å². The van der Waals surface area contributed by atoms with Crippen molar-refractivity contribution >= 4 is 0 Å². The molecule has 1 aliphatic rings. The third kappa shape index (κ3) is 4.49. The Labute approximate surface area is 135 Å². The molecule has 0 bridgehead atoms. The number of benzene rings is 1. The second-order valence-electron chi connectivity index (χ2n) is 5.65. The number of piperazine rings is 1. The number of hydrogen-bond donors (Lipinski definition) is 1. The number of hydrogen-bond acceptors (Lipinski definition) is 5. The van der Waals surface area contributed by atoms with Crippen molar-refractivity contribution in [1.29, 1.82) is 0 Å². The van der Waals surface area contributed by atoms with E-state index in [9.17, 15) is 4.39 Å². The van der Waals surface area contributed by atoms with Gasteiger partial charge in [-0.25, -0.2) is 9.37 Å². The van der Waals surface area contributed by atoms with Crippen LogP contribution in [0.1, 0.15) is 18.6 Å². The number of rotatable bonds is 6. The topological polar surface area (TPSA) is 57.3 Å². The minimum Gasteiger partial charge on any atom is -0.486 e. The third-order valence-electron chi connectivity index (χ3n) is 4.03. The van der Waals surface area contributed by atoms with Gasteiger partial charge in [-0.1, -0.05) is 13.0 Å². The van der Waals surface area contributed by atoms with Crippen LogP contribution in [0, 0.1) is 5.82 Å². The molecule has 0 radical (unpaired) electrons. The van der Waals surface area contributed by atoms with Crippen LogP contribution in [0.2, 0.25) is 0 Å². The van der Waals surface area contributed by atoms with Crippen LogP contribution in [0.4, 0.5) is 4.39 Å². The van der Waals surface area contributed by atoms with Crippen LogP contribution < -0.4 is 4.74 Å². The summed E-state index contributed by atoms with van der Waals surface area (Å²) >= 11 is 0. The molecular formula is C16H22FN5O. The molecule has 1 aromatic heterocycles. The SMILES string of the molecule is CCN1CCN(Cc2n[nH]c(COc3cccc(F)c3)n2)CC1. The fourth-order valence-electron chi connectivity index (χ4n) is 2.64. The first-order valence-corrected chi connectivity index (χ1v) is 7.96. The predicted molar refractivity (Wildman–Crippen MR) is 84.5 cm³/mol. The van der Waals surface area contributed by atoms with E-state index in [1.54, 1.807) is 12.1 Å². The third-order valence-corrected chi connectivity index (χ3v) is 4.03. The Balaban J connectivity index is 1.48. The van der Waals surface area contributed by atoms with E-state index in [4.69, 9.17) is 4.74 Å². The van der Waals surface area contributed by atoms with Crippen molar-refractivity contribution in [3.05, 3.63) is 41.7 Å². The van der Waals surface area contributed by atoms with E-state index in [0.717, 1.165) is 45.1 Å². The Kier molecular flexibility index (Phi) is 5.19.